The fourth-order valence-electron chi connectivity index (χ4n) is 2.90. The van der Waals surface area contributed by atoms with Crippen molar-refractivity contribution in [1.29, 1.82) is 0 Å². The molecule has 1 aliphatic heterocycles. The molecule has 0 atom stereocenters. The number of rotatable bonds is 8. The van der Waals surface area contributed by atoms with Crippen LogP contribution in [0.3, 0.4) is 0 Å². The summed E-state index contributed by atoms with van der Waals surface area (Å²) in [5, 5.41) is 9.55. The molecule has 26 heavy (non-hydrogen) atoms. The molecule has 0 aromatic heterocycles. The first kappa shape index (κ1) is 20.1. The summed E-state index contributed by atoms with van der Waals surface area (Å²) < 4.78 is 0. The van der Waals surface area contributed by atoms with Gasteiger partial charge in [0.2, 0.25) is 5.91 Å². The summed E-state index contributed by atoms with van der Waals surface area (Å²) in [6.45, 7) is 11.0. The molecule has 0 unspecified atom stereocenters. The van der Waals surface area contributed by atoms with Gasteiger partial charge in [-0.25, -0.2) is 4.99 Å². The van der Waals surface area contributed by atoms with Gasteiger partial charge < -0.3 is 20.9 Å². The van der Waals surface area contributed by atoms with E-state index in [0.29, 0.717) is 19.6 Å². The van der Waals surface area contributed by atoms with Gasteiger partial charge in [-0.2, -0.15) is 0 Å². The van der Waals surface area contributed by atoms with Crippen molar-refractivity contribution in [1.82, 2.24) is 16.0 Å². The van der Waals surface area contributed by atoms with Gasteiger partial charge in [-0.05, 0) is 43.4 Å². The van der Waals surface area contributed by atoms with Crippen molar-refractivity contribution in [2.24, 2.45) is 10.9 Å². The second-order valence-corrected chi connectivity index (χ2v) is 7.10. The second kappa shape index (κ2) is 10.7. The molecule has 0 spiro atoms. The number of guanidine groups is 1. The van der Waals surface area contributed by atoms with Crippen LogP contribution in [0.1, 0.15) is 39.2 Å². The minimum Gasteiger partial charge on any atom is -0.360 e. The number of anilines is 1. The van der Waals surface area contributed by atoms with Gasteiger partial charge in [0.25, 0.3) is 0 Å². The molecular formula is C20H33N5O. The molecule has 1 heterocycles. The summed E-state index contributed by atoms with van der Waals surface area (Å²) in [7, 11) is 0. The smallest absolute Gasteiger partial charge is 0.239 e. The zero-order valence-electron chi connectivity index (χ0n) is 16.3. The molecule has 1 aromatic carbocycles. The molecule has 2 rings (SSSR count). The Bertz CT molecular complexity index is 582. The van der Waals surface area contributed by atoms with Crippen molar-refractivity contribution in [2.75, 3.05) is 37.6 Å². The van der Waals surface area contributed by atoms with Crippen LogP contribution in [0, 0.1) is 5.92 Å². The predicted octanol–water partition coefficient (Wildman–Crippen LogP) is 2.11. The highest BCUT2D eigenvalue weighted by Crippen LogP contribution is 2.16. The van der Waals surface area contributed by atoms with Gasteiger partial charge in [0, 0.05) is 31.9 Å². The third kappa shape index (κ3) is 6.94. The molecule has 0 bridgehead atoms. The Morgan fingerprint density at radius 2 is 2.04 bits per heavy atom. The molecule has 144 valence electrons. The Hall–Kier alpha value is -2.24. The number of carbonyl (C=O) groups is 1. The average Bonchev–Trinajstić information content (AvgIpc) is 2.63. The Balaban J connectivity index is 1.86. The van der Waals surface area contributed by atoms with E-state index in [4.69, 9.17) is 0 Å². The van der Waals surface area contributed by atoms with Crippen molar-refractivity contribution in [3.8, 4) is 0 Å². The fraction of sp³-hybridized carbons (Fsp3) is 0.600. The van der Waals surface area contributed by atoms with Gasteiger partial charge in [-0.3, -0.25) is 4.79 Å². The van der Waals surface area contributed by atoms with Crippen LogP contribution in [-0.2, 0) is 11.3 Å². The molecule has 0 aliphatic carbocycles. The van der Waals surface area contributed by atoms with E-state index in [2.05, 4.69) is 70.9 Å². The number of hydrogen-bond acceptors (Lipinski definition) is 3. The molecule has 1 aromatic rings. The number of amides is 1. The van der Waals surface area contributed by atoms with Gasteiger partial charge in [0.1, 0.15) is 0 Å². The molecule has 0 saturated carbocycles. The highest BCUT2D eigenvalue weighted by atomic mass is 16.2. The highest BCUT2D eigenvalue weighted by Gasteiger charge is 2.16. The first-order valence-electron chi connectivity index (χ1n) is 9.71. The first-order chi connectivity index (χ1) is 12.6. The van der Waals surface area contributed by atoms with E-state index in [1.165, 1.54) is 6.42 Å². The van der Waals surface area contributed by atoms with E-state index in [-0.39, 0.29) is 5.91 Å². The Morgan fingerprint density at radius 3 is 2.69 bits per heavy atom. The van der Waals surface area contributed by atoms with Crippen molar-refractivity contribution in [2.45, 2.75) is 40.2 Å². The molecule has 1 fully saturated rings. The average molecular weight is 360 g/mol. The van der Waals surface area contributed by atoms with Crippen molar-refractivity contribution in [3.63, 3.8) is 0 Å². The van der Waals surface area contributed by atoms with Crippen LogP contribution in [-0.4, -0.2) is 44.6 Å². The zero-order chi connectivity index (χ0) is 18.8. The van der Waals surface area contributed by atoms with Gasteiger partial charge in [0.05, 0.1) is 13.1 Å². The van der Waals surface area contributed by atoms with Crippen LogP contribution >= 0.6 is 0 Å². The zero-order valence-corrected chi connectivity index (χ0v) is 16.3. The lowest BCUT2D eigenvalue weighted by molar-refractivity contribution is -0.120. The molecule has 1 saturated heterocycles. The lowest BCUT2D eigenvalue weighted by Gasteiger charge is -2.28. The van der Waals surface area contributed by atoms with E-state index < -0.39 is 0 Å². The van der Waals surface area contributed by atoms with E-state index in [1.54, 1.807) is 0 Å². The van der Waals surface area contributed by atoms with E-state index in [9.17, 15) is 4.79 Å². The maximum Gasteiger partial charge on any atom is 0.239 e. The van der Waals surface area contributed by atoms with E-state index >= 15 is 0 Å². The van der Waals surface area contributed by atoms with Gasteiger partial charge in [0.15, 0.2) is 5.96 Å². The van der Waals surface area contributed by atoms with Crippen LogP contribution in [0.5, 0.6) is 0 Å². The molecule has 1 aliphatic rings. The molecule has 6 nitrogen and oxygen atoms in total. The molecule has 3 N–H and O–H groups in total. The number of aliphatic imine (C=N–C) groups is 1. The summed E-state index contributed by atoms with van der Waals surface area (Å²) in [6, 6.07) is 8.33. The third-order valence-corrected chi connectivity index (χ3v) is 4.35. The van der Waals surface area contributed by atoms with Crippen LogP contribution in [0.15, 0.2) is 29.3 Å². The number of hydrogen-bond donors (Lipinski definition) is 3. The highest BCUT2D eigenvalue weighted by molar-refractivity contribution is 5.82. The fourth-order valence-corrected chi connectivity index (χ4v) is 2.90. The Kier molecular flexibility index (Phi) is 8.25. The lowest BCUT2D eigenvalue weighted by atomic mass is 10.1. The van der Waals surface area contributed by atoms with Crippen LogP contribution in [0.2, 0.25) is 0 Å². The van der Waals surface area contributed by atoms with E-state index in [0.717, 1.165) is 49.2 Å². The third-order valence-electron chi connectivity index (χ3n) is 4.35. The maximum atomic E-state index is 11.5. The number of benzene rings is 1. The molecular weight excluding hydrogens is 326 g/mol. The number of nitrogens with one attached hydrogen (secondary N) is 3. The molecule has 1 amide bonds. The maximum absolute atomic E-state index is 11.5. The van der Waals surface area contributed by atoms with Gasteiger partial charge >= 0.3 is 0 Å². The van der Waals surface area contributed by atoms with Gasteiger partial charge in [-0.15, -0.1) is 0 Å². The second-order valence-electron chi connectivity index (χ2n) is 7.10. The summed E-state index contributed by atoms with van der Waals surface area (Å²) >= 11 is 0. The van der Waals surface area contributed by atoms with Crippen LogP contribution in [0.4, 0.5) is 5.69 Å². The predicted molar refractivity (Wildman–Crippen MR) is 109 cm³/mol. The largest absolute Gasteiger partial charge is 0.360 e. The molecule has 6 heteroatoms. The topological polar surface area (TPSA) is 68.8 Å². The minimum atomic E-state index is 0.0868. The normalized spacial score (nSPS) is 15.2. The van der Waals surface area contributed by atoms with Crippen LogP contribution in [0.25, 0.3) is 0 Å². The lowest BCUT2D eigenvalue weighted by Crippen LogP contribution is -2.47. The minimum absolute atomic E-state index is 0.0868. The number of nitrogens with zero attached hydrogens (tertiary/aromatic N) is 2. The summed E-state index contributed by atoms with van der Waals surface area (Å²) in [6.07, 6.45) is 2.38. The van der Waals surface area contributed by atoms with Crippen LogP contribution < -0.4 is 20.9 Å². The monoisotopic (exact) mass is 359 g/mol. The standard InChI is InChI=1S/C20H33N5O/c1-4-21-20(23-11-5-6-16(2)3)24-14-17-7-9-18(10-8-17)25-13-12-22-19(26)15-25/h7-10,16H,4-6,11-15H2,1-3H3,(H,22,26)(H2,21,23,24). The number of carbonyl (C=O) groups excluding carboxylic acids is 1. The van der Waals surface area contributed by atoms with Gasteiger partial charge in [-0.1, -0.05) is 26.0 Å². The molecule has 0 radical (unpaired) electrons. The van der Waals surface area contributed by atoms with Crippen molar-refractivity contribution in [3.05, 3.63) is 29.8 Å². The summed E-state index contributed by atoms with van der Waals surface area (Å²) in [5.74, 6) is 1.69. The summed E-state index contributed by atoms with van der Waals surface area (Å²) in [5.41, 5.74) is 2.25. The Labute approximate surface area is 157 Å². The first-order valence-corrected chi connectivity index (χ1v) is 9.71. The SMILES string of the molecule is CCNC(=NCc1ccc(N2CCNC(=O)C2)cc1)NCCCC(C)C. The summed E-state index contributed by atoms with van der Waals surface area (Å²) in [4.78, 5) is 18.3. The number of piperazine rings is 1. The Morgan fingerprint density at radius 1 is 1.27 bits per heavy atom. The van der Waals surface area contributed by atoms with E-state index in [1.807, 2.05) is 0 Å². The van der Waals surface area contributed by atoms with Crippen molar-refractivity contribution >= 4 is 17.6 Å². The van der Waals surface area contributed by atoms with Crippen molar-refractivity contribution < 1.29 is 4.79 Å². The quantitative estimate of drug-likeness (QED) is 0.378.